The van der Waals surface area contributed by atoms with Crippen molar-refractivity contribution >= 4 is 29.2 Å². The summed E-state index contributed by atoms with van der Waals surface area (Å²) in [7, 11) is 0. The van der Waals surface area contributed by atoms with Crippen LogP contribution < -0.4 is 10.2 Å². The van der Waals surface area contributed by atoms with Gasteiger partial charge in [-0.2, -0.15) is 4.98 Å². The Hall–Kier alpha value is -3.34. The fraction of sp³-hybridized carbons (Fsp3) is 0.429. The molecule has 1 aliphatic heterocycles. The summed E-state index contributed by atoms with van der Waals surface area (Å²) in [5.41, 5.74) is 2.76. The second kappa shape index (κ2) is 9.86. The van der Waals surface area contributed by atoms with Crippen LogP contribution in [0.3, 0.4) is 0 Å². The first-order valence-electron chi connectivity index (χ1n) is 10.4. The SMILES string of the molecule is CCOC(=O)c1noc(N2CCC[C@H](C(=O)NCc3nc(-c4ccc(C)nc4)cs3)C2)n1. The molecule has 1 amide bonds. The quantitative estimate of drug-likeness (QED) is 0.534. The number of pyridine rings is 1. The minimum absolute atomic E-state index is 0.0476. The van der Waals surface area contributed by atoms with E-state index >= 15 is 0 Å². The average Bonchev–Trinajstić information content (AvgIpc) is 3.48. The van der Waals surface area contributed by atoms with E-state index in [1.54, 1.807) is 13.1 Å². The van der Waals surface area contributed by atoms with Gasteiger partial charge in [0.15, 0.2) is 0 Å². The minimum atomic E-state index is -0.627. The van der Waals surface area contributed by atoms with E-state index in [4.69, 9.17) is 9.26 Å². The molecule has 0 bridgehead atoms. The highest BCUT2D eigenvalue weighted by Gasteiger charge is 2.29. The first kappa shape index (κ1) is 21.9. The van der Waals surface area contributed by atoms with Crippen molar-refractivity contribution < 1.29 is 18.8 Å². The third kappa shape index (κ3) is 5.10. The number of rotatable bonds is 7. The molecule has 1 aliphatic rings. The summed E-state index contributed by atoms with van der Waals surface area (Å²) in [5.74, 6) is -1.01. The van der Waals surface area contributed by atoms with Gasteiger partial charge in [-0.25, -0.2) is 9.78 Å². The Bertz CT molecular complexity index is 1080. The Labute approximate surface area is 189 Å². The van der Waals surface area contributed by atoms with E-state index in [9.17, 15) is 9.59 Å². The van der Waals surface area contributed by atoms with Gasteiger partial charge in [0.05, 0.1) is 24.8 Å². The van der Waals surface area contributed by atoms with Crippen molar-refractivity contribution in [3.8, 4) is 11.3 Å². The summed E-state index contributed by atoms with van der Waals surface area (Å²) in [5, 5.41) is 9.45. The maximum atomic E-state index is 12.7. The number of hydrogen-bond acceptors (Lipinski definition) is 10. The molecule has 1 fully saturated rings. The van der Waals surface area contributed by atoms with Crippen molar-refractivity contribution in [3.05, 3.63) is 40.2 Å². The predicted octanol–water partition coefficient (Wildman–Crippen LogP) is 2.61. The number of nitrogens with zero attached hydrogens (tertiary/aromatic N) is 5. The molecular weight excluding hydrogens is 432 g/mol. The summed E-state index contributed by atoms with van der Waals surface area (Å²) in [6.07, 6.45) is 3.37. The van der Waals surface area contributed by atoms with E-state index in [1.807, 2.05) is 29.3 Å². The summed E-state index contributed by atoms with van der Waals surface area (Å²) in [6.45, 7) is 5.36. The third-order valence-electron chi connectivity index (χ3n) is 5.11. The smallest absolute Gasteiger partial charge is 0.380 e. The lowest BCUT2D eigenvalue weighted by molar-refractivity contribution is -0.125. The van der Waals surface area contributed by atoms with Crippen molar-refractivity contribution in [1.29, 1.82) is 0 Å². The molecule has 4 rings (SSSR count). The maximum Gasteiger partial charge on any atom is 0.380 e. The Morgan fingerprint density at radius 3 is 3.00 bits per heavy atom. The number of esters is 1. The van der Waals surface area contributed by atoms with E-state index < -0.39 is 5.97 Å². The number of anilines is 1. The fourth-order valence-electron chi connectivity index (χ4n) is 3.44. The highest BCUT2D eigenvalue weighted by Crippen LogP contribution is 2.24. The molecule has 10 nitrogen and oxygen atoms in total. The van der Waals surface area contributed by atoms with Gasteiger partial charge in [0.2, 0.25) is 5.91 Å². The zero-order valence-corrected chi connectivity index (χ0v) is 18.7. The lowest BCUT2D eigenvalue weighted by Crippen LogP contribution is -2.43. The largest absolute Gasteiger partial charge is 0.460 e. The van der Waals surface area contributed by atoms with Crippen molar-refractivity contribution in [3.63, 3.8) is 0 Å². The van der Waals surface area contributed by atoms with E-state index in [2.05, 4.69) is 25.4 Å². The van der Waals surface area contributed by atoms with Crippen molar-refractivity contribution in [1.82, 2.24) is 25.4 Å². The van der Waals surface area contributed by atoms with Gasteiger partial charge in [-0.05, 0) is 44.0 Å². The second-order valence-electron chi connectivity index (χ2n) is 7.44. The molecule has 32 heavy (non-hydrogen) atoms. The number of aryl methyl sites for hydroxylation is 1. The standard InChI is InChI=1S/C21H24N6O4S/c1-3-30-20(29)18-25-21(31-26-18)27-8-4-5-15(11-27)19(28)23-10-17-24-16(12-32-17)14-7-6-13(2)22-9-14/h6-7,9,12,15H,3-5,8,10-11H2,1-2H3,(H,23,28)/t15-/m0/s1. The second-order valence-corrected chi connectivity index (χ2v) is 8.38. The van der Waals surface area contributed by atoms with Gasteiger partial charge in [-0.3, -0.25) is 9.78 Å². The van der Waals surface area contributed by atoms with Crippen LogP contribution in [0.4, 0.5) is 6.01 Å². The van der Waals surface area contributed by atoms with Crippen LogP contribution in [0.5, 0.6) is 0 Å². The molecule has 0 unspecified atom stereocenters. The van der Waals surface area contributed by atoms with Crippen molar-refractivity contribution in [2.45, 2.75) is 33.2 Å². The molecule has 11 heteroatoms. The van der Waals surface area contributed by atoms with Gasteiger partial charge in [0.25, 0.3) is 5.82 Å². The zero-order chi connectivity index (χ0) is 22.5. The molecular formula is C21H24N6O4S. The van der Waals surface area contributed by atoms with Crippen LogP contribution in [0, 0.1) is 12.8 Å². The van der Waals surface area contributed by atoms with Gasteiger partial charge in [0.1, 0.15) is 5.01 Å². The molecule has 4 heterocycles. The van der Waals surface area contributed by atoms with Gasteiger partial charge in [0, 0.05) is 35.9 Å². The van der Waals surface area contributed by atoms with Gasteiger partial charge < -0.3 is 19.5 Å². The zero-order valence-electron chi connectivity index (χ0n) is 17.9. The first-order valence-corrected chi connectivity index (χ1v) is 11.3. The Morgan fingerprint density at radius 2 is 2.22 bits per heavy atom. The van der Waals surface area contributed by atoms with Crippen molar-refractivity contribution in [2.24, 2.45) is 5.92 Å². The summed E-state index contributed by atoms with van der Waals surface area (Å²) in [4.78, 5) is 39.3. The van der Waals surface area contributed by atoms with Crippen LogP contribution in [-0.4, -0.2) is 51.7 Å². The fourth-order valence-corrected chi connectivity index (χ4v) is 4.18. The average molecular weight is 457 g/mol. The van der Waals surface area contributed by atoms with Gasteiger partial charge in [-0.15, -0.1) is 11.3 Å². The highest BCUT2D eigenvalue weighted by molar-refractivity contribution is 7.09. The van der Waals surface area contributed by atoms with Gasteiger partial charge in [-0.1, -0.05) is 0 Å². The maximum absolute atomic E-state index is 12.7. The predicted molar refractivity (Wildman–Crippen MR) is 117 cm³/mol. The molecule has 0 radical (unpaired) electrons. The molecule has 3 aromatic heterocycles. The molecule has 0 aliphatic carbocycles. The number of amides is 1. The van der Waals surface area contributed by atoms with E-state index in [1.165, 1.54) is 11.3 Å². The molecule has 1 atom stereocenters. The van der Waals surface area contributed by atoms with Crippen molar-refractivity contribution in [2.75, 3.05) is 24.6 Å². The minimum Gasteiger partial charge on any atom is -0.460 e. The van der Waals surface area contributed by atoms with Crippen LogP contribution in [0.2, 0.25) is 0 Å². The van der Waals surface area contributed by atoms with Crippen LogP contribution in [0.25, 0.3) is 11.3 Å². The van der Waals surface area contributed by atoms with Crippen LogP contribution in [0.1, 0.15) is 41.1 Å². The molecule has 1 saturated heterocycles. The molecule has 0 saturated carbocycles. The lowest BCUT2D eigenvalue weighted by atomic mass is 9.97. The van der Waals surface area contributed by atoms with Gasteiger partial charge >= 0.3 is 12.0 Å². The monoisotopic (exact) mass is 456 g/mol. The van der Waals surface area contributed by atoms with Crippen LogP contribution in [0.15, 0.2) is 28.2 Å². The molecule has 3 aromatic rings. The number of carbonyl (C=O) groups is 2. The Balaban J connectivity index is 1.32. The lowest BCUT2D eigenvalue weighted by Gasteiger charge is -2.30. The highest BCUT2D eigenvalue weighted by atomic mass is 32.1. The Kier molecular flexibility index (Phi) is 6.74. The van der Waals surface area contributed by atoms with Crippen LogP contribution >= 0.6 is 11.3 Å². The number of hydrogen-bond donors (Lipinski definition) is 1. The number of nitrogens with one attached hydrogen (secondary N) is 1. The number of aromatic nitrogens is 4. The molecule has 0 spiro atoms. The Morgan fingerprint density at radius 1 is 1.34 bits per heavy atom. The number of thiazole rings is 1. The van der Waals surface area contributed by atoms with E-state index in [-0.39, 0.29) is 30.3 Å². The summed E-state index contributed by atoms with van der Waals surface area (Å²) >= 11 is 1.50. The first-order chi connectivity index (χ1) is 15.5. The molecule has 1 N–H and O–H groups in total. The third-order valence-corrected chi connectivity index (χ3v) is 5.96. The van der Waals surface area contributed by atoms with E-state index in [0.29, 0.717) is 19.6 Å². The summed E-state index contributed by atoms with van der Waals surface area (Å²) in [6, 6.07) is 4.16. The molecule has 0 aromatic carbocycles. The van der Waals surface area contributed by atoms with E-state index in [0.717, 1.165) is 34.8 Å². The summed E-state index contributed by atoms with van der Waals surface area (Å²) < 4.78 is 10.1. The molecule has 168 valence electrons. The normalized spacial score (nSPS) is 16.1. The number of piperidine rings is 1. The van der Waals surface area contributed by atoms with Crippen LogP contribution in [-0.2, 0) is 16.1 Å². The number of carbonyl (C=O) groups excluding carboxylic acids is 2. The number of ether oxygens (including phenoxy) is 1. The topological polar surface area (TPSA) is 123 Å².